The average molecular weight is 758 g/mol. The third-order valence-electron chi connectivity index (χ3n) is 6.66. The van der Waals surface area contributed by atoms with E-state index in [1.54, 1.807) is 7.11 Å². The summed E-state index contributed by atoms with van der Waals surface area (Å²) in [7, 11) is 1.27. The number of rotatable bonds is 5. The van der Waals surface area contributed by atoms with E-state index in [9.17, 15) is 0 Å². The fraction of sp³-hybridized carbons (Fsp3) is 0.833. The Morgan fingerprint density at radius 1 is 0.947 bits per heavy atom. The first-order chi connectivity index (χ1) is 16.9. The predicted molar refractivity (Wildman–Crippen MR) is 160 cm³/mol. The maximum Gasteiger partial charge on any atom is 0.496 e. The molecule has 38 heavy (non-hydrogen) atoms. The molecule has 2 fully saturated rings. The normalized spacial score (nSPS) is 21.5. The van der Waals surface area contributed by atoms with Gasteiger partial charge < -0.3 is 18.9 Å². The van der Waals surface area contributed by atoms with Crippen LogP contribution >= 0.6 is 0 Å². The van der Waals surface area contributed by atoms with Crippen molar-refractivity contribution in [2.45, 2.75) is 126 Å². The third kappa shape index (κ3) is 11.3. The second-order valence-electron chi connectivity index (χ2n) is 13.7. The molecule has 6 nitrogen and oxygen atoms in total. The molecule has 1 atom stereocenters. The minimum Gasteiger partial charge on any atom is -0.480 e. The summed E-state index contributed by atoms with van der Waals surface area (Å²) < 4.78 is 18.4. The molecule has 1 aromatic rings. The van der Waals surface area contributed by atoms with Gasteiger partial charge in [-0.3, -0.25) is 4.90 Å². The first kappa shape index (κ1) is 37.7. The van der Waals surface area contributed by atoms with Crippen molar-refractivity contribution in [3.8, 4) is 5.88 Å². The Hall–Kier alpha value is -0.253. The Balaban J connectivity index is 0.00000134. The average Bonchev–Trinajstić information content (AvgIpc) is 3.01. The zero-order chi connectivity index (χ0) is 28.7. The van der Waals surface area contributed by atoms with Crippen molar-refractivity contribution >= 4 is 18.3 Å². The van der Waals surface area contributed by atoms with Gasteiger partial charge in [-0.25, -0.2) is 4.98 Å². The van der Waals surface area contributed by atoms with E-state index in [4.69, 9.17) is 14.0 Å². The minimum atomic E-state index is -0.408. The molecule has 8 heteroatoms. The summed E-state index contributed by atoms with van der Waals surface area (Å²) in [5.41, 5.74) is 1.99. The molecule has 0 amide bonds. The fourth-order valence-corrected chi connectivity index (χ4v) is 4.35. The van der Waals surface area contributed by atoms with Crippen molar-refractivity contribution in [3.05, 3.63) is 12.3 Å². The molecule has 3 heterocycles. The quantitative estimate of drug-likeness (QED) is 0.318. The number of nitrogens with zero attached hydrogens (tertiary/aromatic N) is 3. The van der Waals surface area contributed by atoms with Gasteiger partial charge in [0.15, 0.2) is 0 Å². The molecule has 0 aromatic carbocycles. The topological polar surface area (TPSA) is 47.1 Å². The molecule has 2 saturated heterocycles. The standard InChI is InChI=1S/C22H38BN3O3.C5H12.C3H8.U/c1-9-10-22(7)21(5,6)28-23(29-22)17-15-18(19(27-8)24-16-17)25-11-13-26(14-12-25)20(2,3)4;1-5(2,3)4;1-3-2;/h15-16H,9-14H2,1-8H3;1-4H3;3H2,1-2H3;. The van der Waals surface area contributed by atoms with Crippen LogP contribution in [0.2, 0.25) is 0 Å². The van der Waals surface area contributed by atoms with Crippen molar-refractivity contribution in [1.82, 2.24) is 9.88 Å². The molecular weight excluding hydrogens is 699 g/mol. The van der Waals surface area contributed by atoms with Crippen molar-refractivity contribution in [2.24, 2.45) is 5.41 Å². The molecule has 0 saturated carbocycles. The molecule has 0 radical (unpaired) electrons. The monoisotopic (exact) mass is 758 g/mol. The van der Waals surface area contributed by atoms with Gasteiger partial charge in [-0.15, -0.1) is 0 Å². The van der Waals surface area contributed by atoms with E-state index in [-0.39, 0.29) is 47.9 Å². The molecule has 1 unspecified atom stereocenters. The van der Waals surface area contributed by atoms with Gasteiger partial charge in [-0.05, 0) is 59.4 Å². The first-order valence-electron chi connectivity index (χ1n) is 14.3. The second kappa shape index (κ2) is 15.7. The summed E-state index contributed by atoms with van der Waals surface area (Å²) >= 11 is 0. The van der Waals surface area contributed by atoms with Gasteiger partial charge in [0, 0.05) is 74.5 Å². The van der Waals surface area contributed by atoms with Crippen molar-refractivity contribution in [2.75, 3.05) is 38.2 Å². The molecular formula is C30H58BN3O3U. The van der Waals surface area contributed by atoms with Crippen molar-refractivity contribution < 1.29 is 45.2 Å². The minimum absolute atomic E-state index is 0. The number of ether oxygens (including phenoxy) is 1. The van der Waals surface area contributed by atoms with Crippen LogP contribution in [0.3, 0.4) is 0 Å². The SMILES string of the molecule is CC(C)(C)C.CCC.CCCC1(C)OB(c2cnc(OC)c(N3CCN(C(C)(C)C)CC3)c2)OC1(C)C.[U]. The van der Waals surface area contributed by atoms with E-state index >= 15 is 0 Å². The summed E-state index contributed by atoms with van der Waals surface area (Å²) in [4.78, 5) is 9.48. The van der Waals surface area contributed by atoms with Crippen molar-refractivity contribution in [3.63, 3.8) is 0 Å². The number of anilines is 1. The van der Waals surface area contributed by atoms with Gasteiger partial charge in [-0.2, -0.15) is 0 Å². The second-order valence-corrected chi connectivity index (χ2v) is 13.7. The maximum absolute atomic E-state index is 6.44. The van der Waals surface area contributed by atoms with Crippen LogP contribution in [0.1, 0.15) is 109 Å². The summed E-state index contributed by atoms with van der Waals surface area (Å²) in [6.45, 7) is 32.3. The molecule has 0 bridgehead atoms. The molecule has 1 aromatic heterocycles. The predicted octanol–water partition coefficient (Wildman–Crippen LogP) is 6.56. The van der Waals surface area contributed by atoms with Crippen LogP contribution in [0.5, 0.6) is 5.88 Å². The molecule has 0 spiro atoms. The third-order valence-corrected chi connectivity index (χ3v) is 6.66. The first-order valence-corrected chi connectivity index (χ1v) is 14.3. The Morgan fingerprint density at radius 3 is 1.87 bits per heavy atom. The van der Waals surface area contributed by atoms with Crippen LogP contribution in [0.4, 0.5) is 5.69 Å². The smallest absolute Gasteiger partial charge is 0.480 e. The van der Waals surface area contributed by atoms with Gasteiger partial charge in [0.1, 0.15) is 0 Å². The summed E-state index contributed by atoms with van der Waals surface area (Å²) in [5.74, 6) is 0.659. The van der Waals surface area contributed by atoms with E-state index < -0.39 is 7.12 Å². The van der Waals surface area contributed by atoms with Gasteiger partial charge in [-0.1, -0.05) is 61.3 Å². The number of aromatic nitrogens is 1. The molecule has 0 aliphatic carbocycles. The molecule has 0 N–H and O–H groups in total. The van der Waals surface area contributed by atoms with E-state index in [0.29, 0.717) is 11.3 Å². The number of hydrogen-bond acceptors (Lipinski definition) is 6. The number of pyridine rings is 1. The zero-order valence-electron chi connectivity index (χ0n) is 27.2. The van der Waals surface area contributed by atoms with Crippen LogP contribution < -0.4 is 15.1 Å². The van der Waals surface area contributed by atoms with Gasteiger partial charge in [0.25, 0.3) is 0 Å². The summed E-state index contributed by atoms with van der Waals surface area (Å²) in [5, 5.41) is 0. The van der Waals surface area contributed by atoms with Gasteiger partial charge >= 0.3 is 7.12 Å². The fourth-order valence-electron chi connectivity index (χ4n) is 4.35. The van der Waals surface area contributed by atoms with E-state index in [2.05, 4.69) is 111 Å². The Morgan fingerprint density at radius 2 is 1.45 bits per heavy atom. The maximum atomic E-state index is 6.44. The van der Waals surface area contributed by atoms with Gasteiger partial charge in [0.05, 0.1) is 24.0 Å². The number of methoxy groups -OCH3 is 1. The summed E-state index contributed by atoms with van der Waals surface area (Å²) in [6.07, 6.45) is 5.09. The Labute approximate surface area is 259 Å². The summed E-state index contributed by atoms with van der Waals surface area (Å²) in [6, 6.07) is 2.14. The Kier molecular flexibility index (Phi) is 15.6. The van der Waals surface area contributed by atoms with E-state index in [1.165, 1.54) is 6.42 Å². The number of hydrogen-bond donors (Lipinski definition) is 0. The Bertz CT molecular complexity index is 812. The van der Waals surface area contributed by atoms with Crippen molar-refractivity contribution in [1.29, 1.82) is 0 Å². The van der Waals surface area contributed by atoms with E-state index in [1.807, 2.05) is 6.20 Å². The zero-order valence-corrected chi connectivity index (χ0v) is 31.4. The molecule has 3 rings (SSSR count). The van der Waals surface area contributed by atoms with Gasteiger partial charge in [0.2, 0.25) is 5.88 Å². The van der Waals surface area contributed by atoms with Crippen LogP contribution in [-0.2, 0) is 9.31 Å². The van der Waals surface area contributed by atoms with Crippen LogP contribution in [0.15, 0.2) is 12.3 Å². The number of piperazine rings is 1. The molecule has 218 valence electrons. The molecule has 2 aliphatic heterocycles. The van der Waals surface area contributed by atoms with E-state index in [0.717, 1.165) is 50.2 Å². The largest absolute Gasteiger partial charge is 0.496 e. The van der Waals surface area contributed by atoms with Crippen LogP contribution in [0.25, 0.3) is 0 Å². The van der Waals surface area contributed by atoms with Crippen LogP contribution in [-0.4, -0.2) is 67.0 Å². The van der Waals surface area contributed by atoms with Crippen LogP contribution in [0, 0.1) is 36.5 Å². The molecule has 2 aliphatic rings.